The van der Waals surface area contributed by atoms with Gasteiger partial charge in [-0.3, -0.25) is 4.90 Å². The van der Waals surface area contributed by atoms with Gasteiger partial charge in [0.25, 0.3) is 0 Å². The number of hydrogen-bond acceptors (Lipinski definition) is 8. The lowest BCUT2D eigenvalue weighted by Crippen LogP contribution is -2.46. The van der Waals surface area contributed by atoms with E-state index in [0.29, 0.717) is 30.8 Å². The number of aromatic nitrogens is 3. The molecule has 0 spiro atoms. The number of benzene rings is 2. The van der Waals surface area contributed by atoms with Gasteiger partial charge in [-0.05, 0) is 61.2 Å². The van der Waals surface area contributed by atoms with Gasteiger partial charge in [-0.1, -0.05) is 12.1 Å². The molecular formula is C33H34FN7O3. The van der Waals surface area contributed by atoms with Crippen LogP contribution >= 0.6 is 0 Å². The smallest absolute Gasteiger partial charge is 0.335 e. The summed E-state index contributed by atoms with van der Waals surface area (Å²) in [6.07, 6.45) is 3.05. The van der Waals surface area contributed by atoms with Gasteiger partial charge in [-0.25, -0.2) is 19.2 Å². The van der Waals surface area contributed by atoms with E-state index in [1.165, 1.54) is 11.6 Å². The maximum absolute atomic E-state index is 14.7. The van der Waals surface area contributed by atoms with E-state index in [4.69, 9.17) is 20.0 Å². The molecule has 44 heavy (non-hydrogen) atoms. The fourth-order valence-corrected chi connectivity index (χ4v) is 6.38. The Morgan fingerprint density at radius 1 is 1.05 bits per heavy atom. The molecule has 226 valence electrons. The van der Waals surface area contributed by atoms with Crippen molar-refractivity contribution in [3.05, 3.63) is 82.4 Å². The normalized spacial score (nSPS) is 18.6. The van der Waals surface area contributed by atoms with Crippen LogP contribution in [0.5, 0.6) is 0 Å². The quantitative estimate of drug-likeness (QED) is 0.320. The molecule has 2 aromatic heterocycles. The van der Waals surface area contributed by atoms with Crippen molar-refractivity contribution in [3.63, 3.8) is 0 Å². The minimum absolute atomic E-state index is 0.125. The number of nitrogens with zero attached hydrogens (tertiary/aromatic N) is 7. The number of fused-ring (bicyclic) bond motifs is 2. The highest BCUT2D eigenvalue weighted by Gasteiger charge is 2.26. The first-order chi connectivity index (χ1) is 21.4. The number of ether oxygens (including phenoxy) is 1. The van der Waals surface area contributed by atoms with Crippen LogP contribution in [-0.4, -0.2) is 75.9 Å². The molecule has 2 saturated heterocycles. The summed E-state index contributed by atoms with van der Waals surface area (Å²) in [4.78, 5) is 28.4. The Morgan fingerprint density at radius 3 is 2.61 bits per heavy atom. The van der Waals surface area contributed by atoms with E-state index >= 15 is 0 Å². The monoisotopic (exact) mass is 595 g/mol. The highest BCUT2D eigenvalue weighted by Crippen LogP contribution is 2.30. The number of nitriles is 1. The fraction of sp³-hybridized carbons (Fsp3) is 0.394. The lowest BCUT2D eigenvalue weighted by molar-refractivity contribution is -0.0592. The Labute approximate surface area is 254 Å². The number of piperazine rings is 1. The number of aromatic carboxylic acids is 1. The zero-order chi connectivity index (χ0) is 30.2. The van der Waals surface area contributed by atoms with Gasteiger partial charge in [0.05, 0.1) is 47.4 Å². The second kappa shape index (κ2) is 11.9. The zero-order valence-electron chi connectivity index (χ0n) is 24.5. The minimum Gasteiger partial charge on any atom is -0.478 e. The van der Waals surface area contributed by atoms with Gasteiger partial charge in [-0.2, -0.15) is 5.26 Å². The molecule has 0 bridgehead atoms. The molecule has 5 heterocycles. The van der Waals surface area contributed by atoms with Crippen LogP contribution in [0.3, 0.4) is 0 Å². The Hall–Kier alpha value is -4.53. The van der Waals surface area contributed by atoms with Crippen LogP contribution in [0.25, 0.3) is 11.0 Å². The largest absolute Gasteiger partial charge is 0.478 e. The van der Waals surface area contributed by atoms with Gasteiger partial charge in [0, 0.05) is 51.4 Å². The predicted octanol–water partition coefficient (Wildman–Crippen LogP) is 4.20. The molecule has 3 aliphatic heterocycles. The van der Waals surface area contributed by atoms with E-state index in [9.17, 15) is 14.3 Å². The Kier molecular flexibility index (Phi) is 7.62. The van der Waals surface area contributed by atoms with Gasteiger partial charge >= 0.3 is 5.97 Å². The summed E-state index contributed by atoms with van der Waals surface area (Å²) in [5.74, 6) is 1.44. The van der Waals surface area contributed by atoms with Crippen LogP contribution in [0.2, 0.25) is 0 Å². The third-order valence-electron chi connectivity index (χ3n) is 8.97. The number of hydrogen-bond donors (Lipinski definition) is 1. The van der Waals surface area contributed by atoms with Gasteiger partial charge in [-0.15, -0.1) is 0 Å². The number of aryl methyl sites for hydroxylation is 1. The van der Waals surface area contributed by atoms with Crippen molar-refractivity contribution >= 4 is 28.6 Å². The van der Waals surface area contributed by atoms with Crippen LogP contribution in [0, 0.1) is 17.1 Å². The maximum Gasteiger partial charge on any atom is 0.335 e. The van der Waals surface area contributed by atoms with E-state index in [1.54, 1.807) is 30.3 Å². The first kappa shape index (κ1) is 28.3. The standard InChI is InChI=1S/C33H34FN7O3/c34-27-16-22(18-35)3-4-25(27)19-40-10-1-2-23-6-8-30(37-32(23)40)39-13-11-38(12-14-39)21-31-36-28-7-5-24(33(42)43)17-29(28)41(31)20-26-9-15-44-26/h3-8,16-17,26H,1-2,9-15,19-21H2,(H,42,43)/t26-/m0/s1. The average Bonchev–Trinajstić information content (AvgIpc) is 3.35. The van der Waals surface area contributed by atoms with Gasteiger partial charge < -0.3 is 24.2 Å². The molecular weight excluding hydrogens is 561 g/mol. The zero-order valence-corrected chi connectivity index (χ0v) is 24.5. The summed E-state index contributed by atoms with van der Waals surface area (Å²) in [5.41, 5.74) is 3.94. The summed E-state index contributed by atoms with van der Waals surface area (Å²) < 4.78 is 22.5. The van der Waals surface area contributed by atoms with E-state index in [2.05, 4.69) is 31.4 Å². The Morgan fingerprint density at radius 2 is 1.89 bits per heavy atom. The van der Waals surface area contributed by atoms with Crippen LogP contribution in [0.4, 0.5) is 16.0 Å². The maximum atomic E-state index is 14.7. The minimum atomic E-state index is -0.947. The first-order valence-electron chi connectivity index (χ1n) is 15.2. The molecule has 1 atom stereocenters. The summed E-state index contributed by atoms with van der Waals surface area (Å²) >= 11 is 0. The fourth-order valence-electron chi connectivity index (χ4n) is 6.38. The number of imidazole rings is 1. The molecule has 3 aliphatic rings. The highest BCUT2D eigenvalue weighted by atomic mass is 19.1. The van der Waals surface area contributed by atoms with E-state index in [0.717, 1.165) is 87.1 Å². The lowest BCUT2D eigenvalue weighted by Gasteiger charge is -2.37. The number of rotatable bonds is 8. The second-order valence-corrected chi connectivity index (χ2v) is 11.8. The third-order valence-corrected chi connectivity index (χ3v) is 8.97. The molecule has 0 radical (unpaired) electrons. The molecule has 0 saturated carbocycles. The van der Waals surface area contributed by atoms with Crippen molar-refractivity contribution in [1.82, 2.24) is 19.4 Å². The van der Waals surface area contributed by atoms with Crippen LogP contribution in [0.15, 0.2) is 48.5 Å². The average molecular weight is 596 g/mol. The molecule has 0 amide bonds. The molecule has 7 rings (SSSR count). The van der Waals surface area contributed by atoms with Crippen molar-refractivity contribution < 1.29 is 19.0 Å². The molecule has 0 unspecified atom stereocenters. The van der Waals surface area contributed by atoms with Crippen molar-refractivity contribution in [2.45, 2.75) is 45.0 Å². The topological polar surface area (TPSA) is 111 Å². The molecule has 10 nitrogen and oxygen atoms in total. The van der Waals surface area contributed by atoms with Crippen molar-refractivity contribution in [1.29, 1.82) is 5.26 Å². The number of carboxylic acids is 1. The highest BCUT2D eigenvalue weighted by molar-refractivity contribution is 5.92. The predicted molar refractivity (Wildman–Crippen MR) is 163 cm³/mol. The summed E-state index contributed by atoms with van der Waals surface area (Å²) in [6, 6.07) is 16.0. The molecule has 1 N–H and O–H groups in total. The molecule has 2 aromatic carbocycles. The summed E-state index contributed by atoms with van der Waals surface area (Å²) in [5, 5.41) is 18.6. The summed E-state index contributed by atoms with van der Waals surface area (Å²) in [7, 11) is 0. The number of carboxylic acid groups (broad SMARTS) is 1. The SMILES string of the molecule is N#Cc1ccc(CN2CCCc3ccc(N4CCN(Cc5nc6ccc(C(=O)O)cc6n5C[C@@H]5CCO5)CC4)nc32)c(F)c1. The first-order valence-corrected chi connectivity index (χ1v) is 15.2. The second-order valence-electron chi connectivity index (χ2n) is 11.8. The Bertz CT molecular complexity index is 1750. The lowest BCUT2D eigenvalue weighted by atomic mass is 10.0. The van der Waals surface area contributed by atoms with Crippen LogP contribution in [-0.2, 0) is 30.8 Å². The van der Waals surface area contributed by atoms with Crippen LogP contribution < -0.4 is 9.80 Å². The van der Waals surface area contributed by atoms with Gasteiger partial charge in [0.2, 0.25) is 0 Å². The van der Waals surface area contributed by atoms with E-state index in [-0.39, 0.29) is 17.5 Å². The Balaban J connectivity index is 1.05. The van der Waals surface area contributed by atoms with Crippen LogP contribution in [0.1, 0.15) is 45.7 Å². The third kappa shape index (κ3) is 5.58. The number of anilines is 2. The molecule has 0 aliphatic carbocycles. The van der Waals surface area contributed by atoms with Crippen molar-refractivity contribution in [2.24, 2.45) is 0 Å². The van der Waals surface area contributed by atoms with Gasteiger partial charge in [0.15, 0.2) is 0 Å². The van der Waals surface area contributed by atoms with Gasteiger partial charge in [0.1, 0.15) is 23.3 Å². The van der Waals surface area contributed by atoms with E-state index < -0.39 is 5.97 Å². The molecule has 2 fully saturated rings. The van der Waals surface area contributed by atoms with Crippen molar-refractivity contribution in [3.8, 4) is 6.07 Å². The number of pyridine rings is 1. The molecule has 11 heteroatoms. The number of carbonyl (C=O) groups is 1. The molecule has 4 aromatic rings. The van der Waals surface area contributed by atoms with E-state index in [1.807, 2.05) is 6.07 Å². The number of halogens is 1. The van der Waals surface area contributed by atoms with Crippen molar-refractivity contribution in [2.75, 3.05) is 49.1 Å². The summed E-state index contributed by atoms with van der Waals surface area (Å²) in [6.45, 7) is 6.60.